The number of anilines is 1. The van der Waals surface area contributed by atoms with E-state index in [1.165, 1.54) is 13.0 Å². The molecule has 0 aromatic heterocycles. The van der Waals surface area contributed by atoms with Gasteiger partial charge in [0, 0.05) is 17.8 Å². The van der Waals surface area contributed by atoms with Crippen molar-refractivity contribution in [2.24, 2.45) is 0 Å². The monoisotopic (exact) mass is 333 g/mol. The van der Waals surface area contributed by atoms with E-state index in [2.05, 4.69) is 21.2 Å². The third-order valence-corrected chi connectivity index (χ3v) is 3.09. The van der Waals surface area contributed by atoms with Crippen LogP contribution in [-0.4, -0.2) is 17.6 Å². The highest BCUT2D eigenvalue weighted by molar-refractivity contribution is 9.10. The summed E-state index contributed by atoms with van der Waals surface area (Å²) in [5, 5.41) is 2.86. The molecule has 0 saturated heterocycles. The number of halogens is 2. The van der Waals surface area contributed by atoms with Crippen molar-refractivity contribution < 1.29 is 13.9 Å². The Balaban J connectivity index is 2.97. The van der Waals surface area contributed by atoms with Gasteiger partial charge in [-0.1, -0.05) is 15.9 Å². The Bertz CT molecular complexity index is 479. The lowest BCUT2D eigenvalue weighted by Gasteiger charge is -2.10. The Morgan fingerprint density at radius 1 is 1.56 bits per heavy atom. The van der Waals surface area contributed by atoms with Gasteiger partial charge in [0.25, 0.3) is 0 Å². The molecule has 0 aliphatic rings. The molecule has 1 aromatic carbocycles. The molecule has 1 aromatic rings. The number of amides is 1. The lowest BCUT2D eigenvalue weighted by molar-refractivity contribution is -0.114. The van der Waals surface area contributed by atoms with Crippen LogP contribution in [0, 0.1) is 5.82 Å². The van der Waals surface area contributed by atoms with Gasteiger partial charge in [-0.25, -0.2) is 4.39 Å². The fourth-order valence-corrected chi connectivity index (χ4v) is 2.11. The molecule has 3 nitrogen and oxygen atoms in total. The fourth-order valence-electron chi connectivity index (χ4n) is 1.38. The number of ether oxygens (including phenoxy) is 1. The van der Waals surface area contributed by atoms with Crippen molar-refractivity contribution in [3.63, 3.8) is 0 Å². The number of hydrogen-bond acceptors (Lipinski definition) is 3. The SMILES string of the molecule is CCOC(=S)Cc1cc(NC(C)=O)c(F)cc1Br. The molecular weight excluding hydrogens is 321 g/mol. The highest BCUT2D eigenvalue weighted by Crippen LogP contribution is 2.25. The van der Waals surface area contributed by atoms with Crippen LogP contribution < -0.4 is 5.32 Å². The van der Waals surface area contributed by atoms with E-state index in [1.807, 2.05) is 6.92 Å². The number of hydrogen-bond donors (Lipinski definition) is 1. The van der Waals surface area contributed by atoms with Gasteiger partial charge in [0.2, 0.25) is 5.91 Å². The highest BCUT2D eigenvalue weighted by atomic mass is 79.9. The van der Waals surface area contributed by atoms with Crippen molar-refractivity contribution in [2.75, 3.05) is 11.9 Å². The standard InChI is InChI=1S/C12H13BrFNO2S/c1-3-17-12(18)5-8-4-11(15-7(2)16)10(14)6-9(8)13/h4,6H,3,5H2,1-2H3,(H,15,16). The molecule has 0 spiro atoms. The Hall–Kier alpha value is -1.01. The van der Waals surface area contributed by atoms with Gasteiger partial charge in [-0.3, -0.25) is 4.79 Å². The van der Waals surface area contributed by atoms with E-state index in [4.69, 9.17) is 17.0 Å². The average Bonchev–Trinajstić information content (AvgIpc) is 2.24. The van der Waals surface area contributed by atoms with Crippen molar-refractivity contribution in [3.8, 4) is 0 Å². The van der Waals surface area contributed by atoms with Gasteiger partial charge in [-0.15, -0.1) is 0 Å². The van der Waals surface area contributed by atoms with Crippen LogP contribution in [0.5, 0.6) is 0 Å². The van der Waals surface area contributed by atoms with Crippen molar-refractivity contribution in [1.29, 1.82) is 0 Å². The smallest absolute Gasteiger partial charge is 0.221 e. The first-order valence-corrected chi connectivity index (χ1v) is 6.55. The first-order chi connectivity index (χ1) is 8.43. The Morgan fingerprint density at radius 3 is 2.78 bits per heavy atom. The van der Waals surface area contributed by atoms with E-state index >= 15 is 0 Å². The second-order valence-corrected chi connectivity index (χ2v) is 4.90. The number of rotatable bonds is 4. The second-order valence-electron chi connectivity index (χ2n) is 3.59. The fraction of sp³-hybridized carbons (Fsp3) is 0.333. The van der Waals surface area contributed by atoms with Crippen molar-refractivity contribution in [2.45, 2.75) is 20.3 Å². The third-order valence-electron chi connectivity index (χ3n) is 2.09. The summed E-state index contributed by atoms with van der Waals surface area (Å²) >= 11 is 8.29. The lowest BCUT2D eigenvalue weighted by atomic mass is 10.1. The van der Waals surface area contributed by atoms with Gasteiger partial charge < -0.3 is 10.1 Å². The molecule has 0 unspecified atom stereocenters. The number of thiocarbonyl (C=S) groups is 1. The first kappa shape index (κ1) is 15.0. The van der Waals surface area contributed by atoms with Crippen LogP contribution in [0.2, 0.25) is 0 Å². The van der Waals surface area contributed by atoms with E-state index < -0.39 is 5.82 Å². The molecule has 0 bridgehead atoms. The molecule has 1 amide bonds. The van der Waals surface area contributed by atoms with Gasteiger partial charge >= 0.3 is 0 Å². The Labute approximate surface area is 119 Å². The van der Waals surface area contributed by atoms with E-state index in [0.29, 0.717) is 22.6 Å². The normalized spacial score (nSPS) is 10.0. The summed E-state index contributed by atoms with van der Waals surface area (Å²) in [4.78, 5) is 10.9. The quantitative estimate of drug-likeness (QED) is 0.857. The van der Waals surface area contributed by atoms with Crippen LogP contribution >= 0.6 is 28.1 Å². The predicted molar refractivity (Wildman–Crippen MR) is 76.3 cm³/mol. The Morgan fingerprint density at radius 2 is 2.22 bits per heavy atom. The summed E-state index contributed by atoms with van der Waals surface area (Å²) in [5.74, 6) is -0.822. The van der Waals surface area contributed by atoms with Crippen LogP contribution in [0.4, 0.5) is 10.1 Å². The number of benzene rings is 1. The second kappa shape index (κ2) is 6.80. The summed E-state index contributed by atoms with van der Waals surface area (Å²) in [6, 6.07) is 2.85. The maximum atomic E-state index is 13.6. The van der Waals surface area contributed by atoms with Crippen LogP contribution in [-0.2, 0) is 16.0 Å². The van der Waals surface area contributed by atoms with Crippen molar-refractivity contribution in [3.05, 3.63) is 28.0 Å². The number of nitrogens with one attached hydrogen (secondary N) is 1. The molecule has 0 atom stereocenters. The maximum Gasteiger partial charge on any atom is 0.221 e. The zero-order chi connectivity index (χ0) is 13.7. The molecule has 0 aliphatic carbocycles. The van der Waals surface area contributed by atoms with E-state index in [1.54, 1.807) is 6.07 Å². The van der Waals surface area contributed by atoms with Crippen LogP contribution in [0.15, 0.2) is 16.6 Å². The largest absolute Gasteiger partial charge is 0.487 e. The molecule has 0 saturated carbocycles. The number of carbonyl (C=O) groups excluding carboxylic acids is 1. The zero-order valence-electron chi connectivity index (χ0n) is 10.0. The lowest BCUT2D eigenvalue weighted by Crippen LogP contribution is -2.10. The van der Waals surface area contributed by atoms with Crippen LogP contribution in [0.25, 0.3) is 0 Å². The minimum atomic E-state index is -0.497. The van der Waals surface area contributed by atoms with Crippen LogP contribution in [0.1, 0.15) is 19.4 Å². The van der Waals surface area contributed by atoms with Crippen molar-refractivity contribution in [1.82, 2.24) is 0 Å². The summed E-state index contributed by atoms with van der Waals surface area (Å²) in [6.07, 6.45) is 0.386. The molecule has 1 rings (SSSR count). The average molecular weight is 334 g/mol. The number of carbonyl (C=O) groups is 1. The van der Waals surface area contributed by atoms with E-state index in [0.717, 1.165) is 5.56 Å². The molecule has 0 fully saturated rings. The summed E-state index contributed by atoms with van der Waals surface area (Å²) < 4.78 is 19.3. The predicted octanol–water partition coefficient (Wildman–Crippen LogP) is 3.45. The molecule has 1 N–H and O–H groups in total. The molecule has 18 heavy (non-hydrogen) atoms. The molecule has 6 heteroatoms. The van der Waals surface area contributed by atoms with E-state index in [-0.39, 0.29) is 11.6 Å². The molecule has 0 aliphatic heterocycles. The van der Waals surface area contributed by atoms with Gasteiger partial charge in [0.05, 0.1) is 12.3 Å². The van der Waals surface area contributed by atoms with E-state index in [9.17, 15) is 9.18 Å². The molecular formula is C12H13BrFNO2S. The zero-order valence-corrected chi connectivity index (χ0v) is 12.5. The van der Waals surface area contributed by atoms with Crippen LogP contribution in [0.3, 0.4) is 0 Å². The summed E-state index contributed by atoms with van der Waals surface area (Å²) in [5.41, 5.74) is 0.901. The summed E-state index contributed by atoms with van der Waals surface area (Å²) in [7, 11) is 0. The summed E-state index contributed by atoms with van der Waals surface area (Å²) in [6.45, 7) is 3.66. The van der Waals surface area contributed by atoms with Gasteiger partial charge in [-0.05, 0) is 36.8 Å². The maximum absolute atomic E-state index is 13.6. The highest BCUT2D eigenvalue weighted by Gasteiger charge is 2.11. The first-order valence-electron chi connectivity index (χ1n) is 5.35. The minimum Gasteiger partial charge on any atom is -0.487 e. The van der Waals surface area contributed by atoms with Gasteiger partial charge in [0.1, 0.15) is 5.82 Å². The molecule has 98 valence electrons. The van der Waals surface area contributed by atoms with Gasteiger partial charge in [-0.2, -0.15) is 0 Å². The van der Waals surface area contributed by atoms with Crippen molar-refractivity contribution >= 4 is 44.8 Å². The minimum absolute atomic E-state index is 0.139. The molecule has 0 heterocycles. The molecule has 0 radical (unpaired) electrons. The third kappa shape index (κ3) is 4.34. The van der Waals surface area contributed by atoms with Gasteiger partial charge in [0.15, 0.2) is 5.05 Å². The Kier molecular flexibility index (Phi) is 5.68. The topological polar surface area (TPSA) is 38.3 Å².